The van der Waals surface area contributed by atoms with E-state index >= 15 is 0 Å². The first-order valence-corrected chi connectivity index (χ1v) is 31.8. The molecule has 5 aromatic rings. The Morgan fingerprint density at radius 1 is 0.855 bits per heavy atom. The van der Waals surface area contributed by atoms with Crippen LogP contribution in [0, 0.1) is 58.3 Å². The molecule has 0 amide bonds. The molecule has 0 radical (unpaired) electrons. The molecule has 9 rings (SSSR count). The minimum Gasteiger partial charge on any atom is -0.379 e. The Labute approximate surface area is 503 Å². The van der Waals surface area contributed by atoms with Gasteiger partial charge >= 0.3 is 0 Å². The number of benzene rings is 4. The molecule has 1 aromatic heterocycles. The summed E-state index contributed by atoms with van der Waals surface area (Å²) in [5, 5.41) is 13.6. The van der Waals surface area contributed by atoms with Crippen molar-refractivity contribution in [2.24, 2.45) is 16.3 Å². The summed E-state index contributed by atoms with van der Waals surface area (Å²) < 4.78 is 2.06. The highest BCUT2D eigenvalue weighted by Crippen LogP contribution is 2.46. The molecule has 4 atom stereocenters. The predicted molar refractivity (Wildman–Crippen MR) is 364 cm³/mol. The fourth-order valence-electron chi connectivity index (χ4n) is 15.0. The van der Waals surface area contributed by atoms with Crippen LogP contribution in [0.3, 0.4) is 0 Å². The van der Waals surface area contributed by atoms with Crippen molar-refractivity contribution in [1.29, 1.82) is 5.41 Å². The molecule has 8 heteroatoms. The zero-order valence-corrected chi connectivity index (χ0v) is 54.3. The van der Waals surface area contributed by atoms with Gasteiger partial charge in [-0.15, -0.1) is 5.98 Å². The van der Waals surface area contributed by atoms with Gasteiger partial charge in [0.2, 0.25) is 19.4 Å². The van der Waals surface area contributed by atoms with Gasteiger partial charge in [0.25, 0.3) is 0 Å². The largest absolute Gasteiger partial charge is 0.379 e. The van der Waals surface area contributed by atoms with Gasteiger partial charge in [0.15, 0.2) is 0 Å². The van der Waals surface area contributed by atoms with Crippen molar-refractivity contribution in [2.75, 3.05) is 17.3 Å². The van der Waals surface area contributed by atoms with Crippen molar-refractivity contribution in [3.05, 3.63) is 194 Å². The second-order valence-corrected chi connectivity index (χ2v) is 27.9. The van der Waals surface area contributed by atoms with E-state index in [0.29, 0.717) is 5.96 Å². The van der Waals surface area contributed by atoms with Crippen LogP contribution >= 0.6 is 0 Å². The minimum absolute atomic E-state index is 0.000241. The normalized spacial score (nSPS) is 19.3. The third-order valence-corrected chi connectivity index (χ3v) is 19.4. The lowest BCUT2D eigenvalue weighted by Gasteiger charge is -2.53. The molecule has 1 aliphatic heterocycles. The summed E-state index contributed by atoms with van der Waals surface area (Å²) in [7, 11) is 2.17. The fraction of sp³-hybridized carbons (Fsp3) is 0.467. The molecule has 4 unspecified atom stereocenters. The lowest BCUT2D eigenvalue weighted by molar-refractivity contribution is 0.309. The van der Waals surface area contributed by atoms with Gasteiger partial charge in [-0.1, -0.05) is 195 Å². The summed E-state index contributed by atoms with van der Waals surface area (Å²) in [6.45, 7) is 40.1. The Morgan fingerprint density at radius 2 is 1.54 bits per heavy atom. The first-order chi connectivity index (χ1) is 39.3. The number of hydrogen-bond donors (Lipinski definition) is 2. The number of allylic oxidation sites excluding steroid dienone is 5. The smallest absolute Gasteiger partial charge is 0.242 e. The predicted octanol–water partition coefficient (Wildman–Crippen LogP) is 16.0. The number of anilines is 2. The lowest BCUT2D eigenvalue weighted by atomic mass is 9.26. The molecule has 4 aromatic carbocycles. The van der Waals surface area contributed by atoms with Crippen molar-refractivity contribution in [3.63, 3.8) is 0 Å². The molecule has 436 valence electrons. The molecule has 0 fully saturated rings. The highest BCUT2D eigenvalue weighted by atomic mass is 15.3. The van der Waals surface area contributed by atoms with Gasteiger partial charge in [0.05, 0.1) is 5.54 Å². The Morgan fingerprint density at radius 3 is 2.19 bits per heavy atom. The molecule has 2 heterocycles. The van der Waals surface area contributed by atoms with Crippen molar-refractivity contribution in [3.8, 4) is 0 Å². The first kappa shape index (κ1) is 61.3. The Hall–Kier alpha value is -6.27. The molecule has 0 bridgehead atoms. The third kappa shape index (κ3) is 12.7. The third-order valence-electron chi connectivity index (χ3n) is 19.4. The standard InChI is InChI=1S/C75H100B2N6/c1-19-21-38-75(16,17)81(18)71(80-72(78)82-48-55(10)62-29-26-30-66(62)82)56-31-33-58(34-32-56)74(14,15)39-37-57-44-51(6)43-54(9)69(57)76(40-22-20-2)64-46-61(79-60-27-24-23-25-28-60)47-65-70(64)83(49(3)4)67-36-35-59(73(11,12)13)45-63(67)77(65)68-52(7)41-50(5)42-53(68)8/h21-25,27-28,31,33-36,38,40-45,47-49,56,61,64,70,78-79H,19-20,26,29-30,32,37,39,46H2,1-18H3/b38-21-,40-22+,78-72?,80-71?. The van der Waals surface area contributed by atoms with Crippen molar-refractivity contribution >= 4 is 53.0 Å². The topological polar surface area (TPSA) is 59.7 Å². The number of aryl methyl sites for hydroxylation is 7. The van der Waals surface area contributed by atoms with Crippen molar-refractivity contribution < 1.29 is 0 Å². The number of likely N-dealkylation sites (N-methyl/N-ethyl adjacent to an activating group) is 1. The second kappa shape index (κ2) is 24.7. The SMILES string of the molecule is CC/C=C\C(C)(C)N(C)C(=NC(=N)n1cc(C)c2c1CCC2)C1C=CC(C(C)(C)CCc2cc(C)cc(C)c2B(/C=C/CC)C2CC(Nc3ccccc3)C=C3B(c4c(C)cc(C)cc4C)c4cc(C(C)(C)C)ccc4N(C(C)C)C32)=CC1. The Balaban J connectivity index is 1.11. The molecule has 2 N–H and O–H groups in total. The average Bonchev–Trinajstić information content (AvgIpc) is 1.76. The zero-order valence-electron chi connectivity index (χ0n) is 54.3. The number of amidine groups is 1. The maximum absolute atomic E-state index is 9.48. The highest BCUT2D eigenvalue weighted by molar-refractivity contribution is 6.93. The van der Waals surface area contributed by atoms with E-state index in [0.717, 1.165) is 63.6 Å². The monoisotopic (exact) mass is 1110 g/mol. The summed E-state index contributed by atoms with van der Waals surface area (Å²) in [4.78, 5) is 10.5. The van der Waals surface area contributed by atoms with E-state index in [1.165, 1.54) is 94.6 Å². The minimum atomic E-state index is -0.283. The van der Waals surface area contributed by atoms with Crippen LogP contribution in [0.2, 0.25) is 5.82 Å². The number of rotatable bonds is 16. The van der Waals surface area contributed by atoms with E-state index in [2.05, 4.69) is 272 Å². The van der Waals surface area contributed by atoms with Crippen LogP contribution in [0.4, 0.5) is 11.4 Å². The second-order valence-electron chi connectivity index (χ2n) is 27.9. The summed E-state index contributed by atoms with van der Waals surface area (Å²) in [6.07, 6.45) is 28.2. The summed E-state index contributed by atoms with van der Waals surface area (Å²) in [5.41, 5.74) is 23.1. The van der Waals surface area contributed by atoms with Crippen molar-refractivity contribution in [1.82, 2.24) is 9.47 Å². The number of aromatic nitrogens is 1. The molecule has 6 nitrogen and oxygen atoms in total. The Kier molecular flexibility index (Phi) is 18.3. The number of aliphatic imine (C=N–C) groups is 1. The van der Waals surface area contributed by atoms with Gasteiger partial charge in [-0.05, 0) is 190 Å². The van der Waals surface area contributed by atoms with E-state index in [4.69, 9.17) is 4.99 Å². The number of hydrogen-bond acceptors (Lipinski definition) is 3. The van der Waals surface area contributed by atoms with E-state index in [-0.39, 0.29) is 59.7 Å². The van der Waals surface area contributed by atoms with E-state index in [9.17, 15) is 5.41 Å². The maximum Gasteiger partial charge on any atom is 0.242 e. The maximum atomic E-state index is 9.48. The van der Waals surface area contributed by atoms with Crippen LogP contribution in [0.5, 0.6) is 0 Å². The van der Waals surface area contributed by atoms with Gasteiger partial charge in [-0.3, -0.25) is 9.98 Å². The van der Waals surface area contributed by atoms with Gasteiger partial charge < -0.3 is 15.1 Å². The number of nitrogens with one attached hydrogen (secondary N) is 2. The van der Waals surface area contributed by atoms with E-state index < -0.39 is 0 Å². The van der Waals surface area contributed by atoms with Gasteiger partial charge in [-0.25, -0.2) is 0 Å². The van der Waals surface area contributed by atoms with Crippen LogP contribution in [0.1, 0.15) is 170 Å². The molecule has 83 heavy (non-hydrogen) atoms. The fourth-order valence-corrected chi connectivity index (χ4v) is 15.0. The quantitative estimate of drug-likeness (QED) is 0.0448. The number of fused-ring (bicyclic) bond motifs is 3. The van der Waals surface area contributed by atoms with Crippen LogP contribution in [-0.4, -0.2) is 65.4 Å². The first-order valence-electron chi connectivity index (χ1n) is 31.8. The summed E-state index contributed by atoms with van der Waals surface area (Å²) in [6, 6.07) is 28.9. The van der Waals surface area contributed by atoms with Gasteiger partial charge in [-0.2, -0.15) is 4.99 Å². The number of para-hydroxylation sites is 1. The van der Waals surface area contributed by atoms with Crippen LogP contribution in [0.15, 0.2) is 144 Å². The zero-order chi connectivity index (χ0) is 59.9. The van der Waals surface area contributed by atoms with Crippen molar-refractivity contribution in [2.45, 2.75) is 210 Å². The molecule has 0 spiro atoms. The van der Waals surface area contributed by atoms with Crippen LogP contribution < -0.4 is 26.6 Å². The molecule has 0 saturated carbocycles. The molecule has 4 aliphatic rings. The molecule has 0 saturated heterocycles. The van der Waals surface area contributed by atoms with E-state index in [1.54, 1.807) is 0 Å². The van der Waals surface area contributed by atoms with Crippen LogP contribution in [-0.2, 0) is 24.7 Å². The van der Waals surface area contributed by atoms with E-state index in [1.807, 2.05) is 0 Å². The van der Waals surface area contributed by atoms with Gasteiger partial charge in [0.1, 0.15) is 5.84 Å². The number of nitrogens with zero attached hydrogens (tertiary/aromatic N) is 4. The average molecular weight is 1110 g/mol. The molecular formula is C75H100B2N6. The Bertz CT molecular complexity index is 3360. The van der Waals surface area contributed by atoms with Gasteiger partial charge in [0, 0.05) is 54.4 Å². The highest BCUT2D eigenvalue weighted by Gasteiger charge is 2.51. The summed E-state index contributed by atoms with van der Waals surface area (Å²) >= 11 is 0. The van der Waals surface area contributed by atoms with Crippen LogP contribution in [0.25, 0.3) is 0 Å². The molecule has 3 aliphatic carbocycles. The lowest BCUT2D eigenvalue weighted by Crippen LogP contribution is -2.65. The molecular weight excluding hydrogens is 1010 g/mol. The summed E-state index contributed by atoms with van der Waals surface area (Å²) in [5.74, 6) is 4.19.